The van der Waals surface area contributed by atoms with Crippen LogP contribution in [-0.4, -0.2) is 10.9 Å². The van der Waals surface area contributed by atoms with Gasteiger partial charge in [-0.15, -0.1) is 0 Å². The molecule has 0 radical (unpaired) electrons. The van der Waals surface area contributed by atoms with E-state index in [1.165, 1.54) is 5.57 Å². The molecule has 0 heterocycles. The van der Waals surface area contributed by atoms with Gasteiger partial charge in [-0.3, -0.25) is 5.26 Å². The minimum Gasteiger partial charge on any atom is -0.251 e. The summed E-state index contributed by atoms with van der Waals surface area (Å²) in [5, 5.41) is 8.44. The van der Waals surface area contributed by atoms with Gasteiger partial charge in [0.05, 0.1) is 0 Å². The zero-order valence-corrected chi connectivity index (χ0v) is 8.29. The minimum atomic E-state index is -0.574. The number of rotatable bonds is 4. The molecule has 0 amide bonds. The Morgan fingerprint density at radius 3 is 2.42 bits per heavy atom. The van der Waals surface area contributed by atoms with Gasteiger partial charge in [-0.05, 0) is 34.1 Å². The predicted molar refractivity (Wildman–Crippen MR) is 51.0 cm³/mol. The lowest BCUT2D eigenvalue weighted by atomic mass is 10.1. The SMILES string of the molecule is CC(C)=CC/C=C/C(C)(C)OO. The summed E-state index contributed by atoms with van der Waals surface area (Å²) in [6, 6.07) is 0. The number of hydrogen-bond donors (Lipinski definition) is 1. The molecule has 0 aliphatic heterocycles. The highest BCUT2D eigenvalue weighted by molar-refractivity contribution is 5.03. The Labute approximate surface area is 74.5 Å². The topological polar surface area (TPSA) is 29.5 Å². The summed E-state index contributed by atoms with van der Waals surface area (Å²) >= 11 is 0. The first-order valence-electron chi connectivity index (χ1n) is 4.11. The summed E-state index contributed by atoms with van der Waals surface area (Å²) in [5.74, 6) is 0. The van der Waals surface area contributed by atoms with E-state index in [0.29, 0.717) is 0 Å². The third-order valence-electron chi connectivity index (χ3n) is 1.42. The Bertz CT molecular complexity index is 174. The van der Waals surface area contributed by atoms with E-state index in [1.54, 1.807) is 13.8 Å². The quantitative estimate of drug-likeness (QED) is 0.399. The van der Waals surface area contributed by atoms with Gasteiger partial charge in [0.15, 0.2) is 0 Å². The van der Waals surface area contributed by atoms with Crippen LogP contribution in [0.5, 0.6) is 0 Å². The summed E-state index contributed by atoms with van der Waals surface area (Å²) < 4.78 is 0. The summed E-state index contributed by atoms with van der Waals surface area (Å²) in [6.07, 6.45) is 6.81. The van der Waals surface area contributed by atoms with Crippen molar-refractivity contribution in [2.75, 3.05) is 0 Å². The smallest absolute Gasteiger partial charge is 0.116 e. The molecular formula is C10H18O2. The fourth-order valence-corrected chi connectivity index (χ4v) is 0.686. The molecule has 2 nitrogen and oxygen atoms in total. The molecule has 0 aliphatic rings. The highest BCUT2D eigenvalue weighted by Gasteiger charge is 2.12. The molecule has 0 saturated carbocycles. The van der Waals surface area contributed by atoms with Crippen LogP contribution in [0.15, 0.2) is 23.8 Å². The second-order valence-corrected chi connectivity index (χ2v) is 3.61. The van der Waals surface area contributed by atoms with Crippen LogP contribution in [0, 0.1) is 0 Å². The molecule has 0 spiro atoms. The van der Waals surface area contributed by atoms with E-state index in [9.17, 15) is 0 Å². The van der Waals surface area contributed by atoms with Crippen molar-refractivity contribution in [2.24, 2.45) is 0 Å². The normalized spacial score (nSPS) is 12.1. The zero-order chi connectivity index (χ0) is 9.61. The predicted octanol–water partition coefficient (Wildman–Crippen LogP) is 3.17. The van der Waals surface area contributed by atoms with Crippen molar-refractivity contribution in [3.8, 4) is 0 Å². The third-order valence-corrected chi connectivity index (χ3v) is 1.42. The van der Waals surface area contributed by atoms with Crippen LogP contribution in [0.4, 0.5) is 0 Å². The second-order valence-electron chi connectivity index (χ2n) is 3.61. The van der Waals surface area contributed by atoms with E-state index < -0.39 is 5.60 Å². The molecule has 0 unspecified atom stereocenters. The van der Waals surface area contributed by atoms with Gasteiger partial charge in [0.1, 0.15) is 5.60 Å². The van der Waals surface area contributed by atoms with E-state index in [-0.39, 0.29) is 0 Å². The fraction of sp³-hybridized carbons (Fsp3) is 0.600. The van der Waals surface area contributed by atoms with E-state index in [4.69, 9.17) is 5.26 Å². The maximum Gasteiger partial charge on any atom is 0.116 e. The molecule has 0 aromatic rings. The molecule has 0 fully saturated rings. The Morgan fingerprint density at radius 1 is 1.42 bits per heavy atom. The van der Waals surface area contributed by atoms with Gasteiger partial charge < -0.3 is 0 Å². The second kappa shape index (κ2) is 5.12. The van der Waals surface area contributed by atoms with Crippen molar-refractivity contribution >= 4 is 0 Å². The van der Waals surface area contributed by atoms with Crippen LogP contribution in [0.2, 0.25) is 0 Å². The Morgan fingerprint density at radius 2 is 2.00 bits per heavy atom. The van der Waals surface area contributed by atoms with Crippen molar-refractivity contribution in [3.05, 3.63) is 23.8 Å². The average Bonchev–Trinajstić information content (AvgIpc) is 1.98. The fourth-order valence-electron chi connectivity index (χ4n) is 0.686. The summed E-state index contributed by atoms with van der Waals surface area (Å²) in [7, 11) is 0. The molecule has 1 N–H and O–H groups in total. The van der Waals surface area contributed by atoms with E-state index in [1.807, 2.05) is 12.2 Å². The van der Waals surface area contributed by atoms with Crippen LogP contribution in [0.1, 0.15) is 34.1 Å². The highest BCUT2D eigenvalue weighted by atomic mass is 17.1. The zero-order valence-electron chi connectivity index (χ0n) is 8.29. The standard InChI is InChI=1S/C10H18O2/c1-9(2)7-5-6-8-10(3,4)12-11/h6-8,11H,5H2,1-4H3/b8-6+. The van der Waals surface area contributed by atoms with E-state index in [2.05, 4.69) is 24.8 Å². The van der Waals surface area contributed by atoms with Crippen molar-refractivity contribution in [1.82, 2.24) is 0 Å². The van der Waals surface area contributed by atoms with E-state index >= 15 is 0 Å². The van der Waals surface area contributed by atoms with Crippen LogP contribution in [0.3, 0.4) is 0 Å². The number of hydrogen-bond acceptors (Lipinski definition) is 2. The van der Waals surface area contributed by atoms with Gasteiger partial charge in [-0.2, -0.15) is 0 Å². The molecule has 70 valence electrons. The van der Waals surface area contributed by atoms with Crippen molar-refractivity contribution in [2.45, 2.75) is 39.7 Å². The monoisotopic (exact) mass is 170 g/mol. The molecular weight excluding hydrogens is 152 g/mol. The first-order valence-corrected chi connectivity index (χ1v) is 4.11. The van der Waals surface area contributed by atoms with Crippen molar-refractivity contribution in [1.29, 1.82) is 0 Å². The Hall–Kier alpha value is -0.600. The van der Waals surface area contributed by atoms with Gasteiger partial charge in [0.2, 0.25) is 0 Å². The molecule has 0 atom stereocenters. The van der Waals surface area contributed by atoms with Gasteiger partial charge in [0.25, 0.3) is 0 Å². The Kier molecular flexibility index (Phi) is 4.86. The Balaban J connectivity index is 3.84. The first kappa shape index (κ1) is 11.4. The van der Waals surface area contributed by atoms with Crippen LogP contribution < -0.4 is 0 Å². The summed E-state index contributed by atoms with van der Waals surface area (Å²) in [5.41, 5.74) is 0.720. The van der Waals surface area contributed by atoms with Gasteiger partial charge >= 0.3 is 0 Å². The lowest BCUT2D eigenvalue weighted by Crippen LogP contribution is -2.18. The van der Waals surface area contributed by atoms with Crippen molar-refractivity contribution < 1.29 is 10.1 Å². The van der Waals surface area contributed by atoms with Crippen LogP contribution in [-0.2, 0) is 4.89 Å². The third kappa shape index (κ3) is 6.13. The molecule has 0 aromatic carbocycles. The number of allylic oxidation sites excluding steroid dienone is 3. The van der Waals surface area contributed by atoms with Crippen LogP contribution in [0.25, 0.3) is 0 Å². The summed E-state index contributed by atoms with van der Waals surface area (Å²) in [6.45, 7) is 7.71. The maximum atomic E-state index is 8.44. The minimum absolute atomic E-state index is 0.574. The average molecular weight is 170 g/mol. The largest absolute Gasteiger partial charge is 0.251 e. The molecule has 0 bridgehead atoms. The van der Waals surface area contributed by atoms with Crippen molar-refractivity contribution in [3.63, 3.8) is 0 Å². The molecule has 0 aromatic heterocycles. The molecule has 12 heavy (non-hydrogen) atoms. The van der Waals surface area contributed by atoms with Gasteiger partial charge in [-0.25, -0.2) is 4.89 Å². The molecule has 0 aliphatic carbocycles. The van der Waals surface area contributed by atoms with Crippen LogP contribution >= 0.6 is 0 Å². The molecule has 0 saturated heterocycles. The lowest BCUT2D eigenvalue weighted by Gasteiger charge is -2.14. The maximum absolute atomic E-state index is 8.44. The summed E-state index contributed by atoms with van der Waals surface area (Å²) in [4.78, 5) is 4.24. The lowest BCUT2D eigenvalue weighted by molar-refractivity contribution is -0.297. The molecule has 2 heteroatoms. The van der Waals surface area contributed by atoms with Gasteiger partial charge in [0, 0.05) is 0 Å². The highest BCUT2D eigenvalue weighted by Crippen LogP contribution is 2.09. The first-order chi connectivity index (χ1) is 5.48. The van der Waals surface area contributed by atoms with Gasteiger partial charge in [-0.1, -0.05) is 23.8 Å². The van der Waals surface area contributed by atoms with E-state index in [0.717, 1.165) is 6.42 Å². The molecule has 0 rings (SSSR count).